The van der Waals surface area contributed by atoms with Gasteiger partial charge in [-0.1, -0.05) is 12.1 Å². The quantitative estimate of drug-likeness (QED) is 0.118. The number of aliphatic hydroxyl groups excluding tert-OH is 1. The molecule has 1 amide bonds. The van der Waals surface area contributed by atoms with Crippen molar-refractivity contribution in [3.8, 4) is 5.75 Å². The first-order valence-corrected chi connectivity index (χ1v) is 13.5. The van der Waals surface area contributed by atoms with Crippen LogP contribution < -0.4 is 5.32 Å². The minimum Gasteiger partial charge on any atom is -0.508 e. The fourth-order valence-corrected chi connectivity index (χ4v) is 2.97. The smallest absolute Gasteiger partial charge is 0.222 e. The molecular weight excluding hydrogens is 514 g/mol. The van der Waals surface area contributed by atoms with E-state index in [0.29, 0.717) is 125 Å². The van der Waals surface area contributed by atoms with E-state index >= 15 is 0 Å². The predicted octanol–water partition coefficient (Wildman–Crippen LogP) is 0.566. The maximum absolute atomic E-state index is 11.8. The molecule has 1 rings (SSSR count). The summed E-state index contributed by atoms with van der Waals surface area (Å²) in [4.78, 5) is 11.8. The van der Waals surface area contributed by atoms with Crippen molar-refractivity contribution in [3.05, 3.63) is 29.8 Å². The standard InChI is InChI=1S/C27H47NO11/c29-8-10-33-12-14-35-16-18-37-20-22-39-24-23-38-21-19-36-17-15-34-13-11-32-9-6-27(31)28-7-5-25-1-3-26(30)4-2-25/h1-4,29-30H,5-24H2,(H,28,31). The Morgan fingerprint density at radius 3 is 1.31 bits per heavy atom. The van der Waals surface area contributed by atoms with Crippen LogP contribution in [0.3, 0.4) is 0 Å². The number of hydrogen-bond donors (Lipinski definition) is 3. The van der Waals surface area contributed by atoms with Crippen LogP contribution in [0.4, 0.5) is 0 Å². The summed E-state index contributed by atoms with van der Waals surface area (Å²) < 4.78 is 42.9. The van der Waals surface area contributed by atoms with Crippen LogP contribution in [0.25, 0.3) is 0 Å². The van der Waals surface area contributed by atoms with Gasteiger partial charge >= 0.3 is 0 Å². The van der Waals surface area contributed by atoms with E-state index in [1.807, 2.05) is 12.1 Å². The Balaban J connectivity index is 1.69. The van der Waals surface area contributed by atoms with Crippen molar-refractivity contribution in [1.82, 2.24) is 5.32 Å². The van der Waals surface area contributed by atoms with E-state index in [1.165, 1.54) is 0 Å². The molecule has 0 aliphatic carbocycles. The molecule has 0 aliphatic rings. The highest BCUT2D eigenvalue weighted by Gasteiger charge is 2.02. The molecule has 0 saturated heterocycles. The van der Waals surface area contributed by atoms with Crippen LogP contribution in [0.2, 0.25) is 0 Å². The Hall–Kier alpha value is -1.87. The van der Waals surface area contributed by atoms with Gasteiger partial charge in [0.2, 0.25) is 5.91 Å². The largest absolute Gasteiger partial charge is 0.508 e. The molecule has 226 valence electrons. The normalized spacial score (nSPS) is 11.2. The molecule has 39 heavy (non-hydrogen) atoms. The zero-order valence-electron chi connectivity index (χ0n) is 23.0. The molecular formula is C27H47NO11. The maximum atomic E-state index is 11.8. The van der Waals surface area contributed by atoms with Crippen molar-refractivity contribution in [2.45, 2.75) is 12.8 Å². The van der Waals surface area contributed by atoms with E-state index in [-0.39, 0.29) is 18.3 Å². The third-order valence-electron chi connectivity index (χ3n) is 4.99. The molecule has 12 heteroatoms. The number of carbonyl (C=O) groups excluding carboxylic acids is 1. The molecule has 0 atom stereocenters. The average molecular weight is 562 g/mol. The Morgan fingerprint density at radius 1 is 0.564 bits per heavy atom. The van der Waals surface area contributed by atoms with Gasteiger partial charge in [-0.25, -0.2) is 0 Å². The fraction of sp³-hybridized carbons (Fsp3) is 0.741. The number of benzene rings is 1. The first kappa shape index (κ1) is 35.2. The highest BCUT2D eigenvalue weighted by atomic mass is 16.6. The van der Waals surface area contributed by atoms with Crippen molar-refractivity contribution < 1.29 is 52.9 Å². The topological polar surface area (TPSA) is 143 Å². The van der Waals surface area contributed by atoms with Crippen molar-refractivity contribution in [3.63, 3.8) is 0 Å². The summed E-state index contributed by atoms with van der Waals surface area (Å²) in [6.45, 7) is 7.93. The second kappa shape index (κ2) is 27.7. The number of hydrogen-bond acceptors (Lipinski definition) is 11. The van der Waals surface area contributed by atoms with E-state index in [2.05, 4.69) is 5.32 Å². The second-order valence-electron chi connectivity index (χ2n) is 8.14. The van der Waals surface area contributed by atoms with Crippen LogP contribution in [0.1, 0.15) is 12.0 Å². The SMILES string of the molecule is O=C(CCOCCOCCOCCOCCOCCOCCOCCOCCO)NCCc1ccc(O)cc1. The second-order valence-corrected chi connectivity index (χ2v) is 8.14. The van der Waals surface area contributed by atoms with Crippen molar-refractivity contribution in [2.24, 2.45) is 0 Å². The summed E-state index contributed by atoms with van der Waals surface area (Å²) in [7, 11) is 0. The van der Waals surface area contributed by atoms with Crippen molar-refractivity contribution >= 4 is 5.91 Å². The van der Waals surface area contributed by atoms with Gasteiger partial charge in [0.1, 0.15) is 5.75 Å². The molecule has 0 spiro atoms. The van der Waals surface area contributed by atoms with Crippen molar-refractivity contribution in [2.75, 3.05) is 119 Å². The van der Waals surface area contributed by atoms with Gasteiger partial charge < -0.3 is 53.4 Å². The molecule has 0 aromatic heterocycles. The monoisotopic (exact) mass is 561 g/mol. The Kier molecular flexibility index (Phi) is 25.0. The number of ether oxygens (including phenoxy) is 8. The minimum atomic E-state index is -0.0541. The van der Waals surface area contributed by atoms with Gasteiger partial charge in [0, 0.05) is 13.0 Å². The molecule has 3 N–H and O–H groups in total. The molecule has 12 nitrogen and oxygen atoms in total. The summed E-state index contributed by atoms with van der Waals surface area (Å²) in [5.74, 6) is 0.178. The third-order valence-corrected chi connectivity index (χ3v) is 4.99. The van der Waals surface area contributed by atoms with E-state index in [4.69, 9.17) is 43.0 Å². The molecule has 0 aliphatic heterocycles. The molecule has 0 heterocycles. The maximum Gasteiger partial charge on any atom is 0.222 e. The lowest BCUT2D eigenvalue weighted by Crippen LogP contribution is -2.26. The van der Waals surface area contributed by atoms with Gasteiger partial charge in [0.25, 0.3) is 0 Å². The number of phenolic OH excluding ortho intramolecular Hbond substituents is 1. The van der Waals surface area contributed by atoms with Crippen LogP contribution in [-0.4, -0.2) is 135 Å². The van der Waals surface area contributed by atoms with E-state index in [0.717, 1.165) is 5.56 Å². The number of nitrogens with one attached hydrogen (secondary N) is 1. The summed E-state index contributed by atoms with van der Waals surface area (Å²) in [6.07, 6.45) is 1.01. The molecule has 0 unspecified atom stereocenters. The predicted molar refractivity (Wildman–Crippen MR) is 143 cm³/mol. The molecule has 0 fully saturated rings. The lowest BCUT2D eigenvalue weighted by molar-refractivity contribution is -0.122. The van der Waals surface area contributed by atoms with Gasteiger partial charge in [-0.05, 0) is 24.1 Å². The zero-order valence-corrected chi connectivity index (χ0v) is 23.0. The van der Waals surface area contributed by atoms with E-state index < -0.39 is 0 Å². The Morgan fingerprint density at radius 2 is 0.923 bits per heavy atom. The summed E-state index contributed by atoms with van der Waals surface area (Å²) in [5, 5.41) is 20.7. The van der Waals surface area contributed by atoms with Gasteiger partial charge in [-0.2, -0.15) is 0 Å². The summed E-state index contributed by atoms with van der Waals surface area (Å²) in [6, 6.07) is 6.94. The van der Waals surface area contributed by atoms with Crippen LogP contribution >= 0.6 is 0 Å². The Labute approximate surface area is 231 Å². The van der Waals surface area contributed by atoms with E-state index in [1.54, 1.807) is 12.1 Å². The lowest BCUT2D eigenvalue weighted by atomic mass is 10.1. The number of rotatable bonds is 29. The number of phenols is 1. The van der Waals surface area contributed by atoms with E-state index in [9.17, 15) is 9.90 Å². The molecule has 0 radical (unpaired) electrons. The van der Waals surface area contributed by atoms with Gasteiger partial charge in [0.05, 0.1) is 112 Å². The minimum absolute atomic E-state index is 0.0212. The number of amides is 1. The van der Waals surface area contributed by atoms with Crippen LogP contribution in [-0.2, 0) is 49.1 Å². The van der Waals surface area contributed by atoms with Crippen molar-refractivity contribution in [1.29, 1.82) is 0 Å². The summed E-state index contributed by atoms with van der Waals surface area (Å²) in [5.41, 5.74) is 1.05. The number of aliphatic hydroxyl groups is 1. The molecule has 0 saturated carbocycles. The third kappa shape index (κ3) is 24.9. The number of carbonyl (C=O) groups is 1. The first-order chi connectivity index (χ1) is 19.2. The van der Waals surface area contributed by atoms with Gasteiger partial charge in [-0.3, -0.25) is 4.79 Å². The molecule has 1 aromatic rings. The highest BCUT2D eigenvalue weighted by molar-refractivity contribution is 5.75. The summed E-state index contributed by atoms with van der Waals surface area (Å²) >= 11 is 0. The molecule has 0 bridgehead atoms. The van der Waals surface area contributed by atoms with Gasteiger partial charge in [0.15, 0.2) is 0 Å². The first-order valence-electron chi connectivity index (χ1n) is 13.5. The molecule has 1 aromatic carbocycles. The lowest BCUT2D eigenvalue weighted by Gasteiger charge is -2.09. The van der Waals surface area contributed by atoms with Crippen LogP contribution in [0, 0.1) is 0 Å². The fourth-order valence-electron chi connectivity index (χ4n) is 2.97. The van der Waals surface area contributed by atoms with Crippen LogP contribution in [0.15, 0.2) is 24.3 Å². The number of aromatic hydroxyl groups is 1. The van der Waals surface area contributed by atoms with Crippen LogP contribution in [0.5, 0.6) is 5.75 Å². The highest BCUT2D eigenvalue weighted by Crippen LogP contribution is 2.09. The Bertz CT molecular complexity index is 664. The van der Waals surface area contributed by atoms with Gasteiger partial charge in [-0.15, -0.1) is 0 Å². The zero-order chi connectivity index (χ0) is 28.1. The average Bonchev–Trinajstić information content (AvgIpc) is 2.94.